The van der Waals surface area contributed by atoms with Gasteiger partial charge in [-0.2, -0.15) is 0 Å². The normalized spacial score (nSPS) is 20.1. The Hall–Kier alpha value is 0.250. The second-order valence-corrected chi connectivity index (χ2v) is 3.94. The third-order valence-electron chi connectivity index (χ3n) is 1.30. The minimum atomic E-state index is -0.813. The van der Waals surface area contributed by atoms with E-state index < -0.39 is 5.97 Å². The van der Waals surface area contributed by atoms with Gasteiger partial charge in [-0.15, -0.1) is 17.0 Å². The summed E-state index contributed by atoms with van der Waals surface area (Å²) in [6.45, 7) is 0.729. The second-order valence-electron chi connectivity index (χ2n) is 2.32. The van der Waals surface area contributed by atoms with Crippen LogP contribution in [0.1, 0.15) is 0 Å². The predicted molar refractivity (Wildman–Crippen MR) is 63.4 cm³/mol. The maximum atomic E-state index is 10.2. The van der Waals surface area contributed by atoms with Crippen molar-refractivity contribution < 1.29 is 9.90 Å². The predicted octanol–water partition coefficient (Wildman–Crippen LogP) is 1.10. The highest BCUT2D eigenvalue weighted by Crippen LogP contribution is 2.09. The molecule has 1 heterocycles. The SMILES string of the molecule is Br.O=C(O)CSC1=NCC(CBr)N1. The zero-order valence-corrected chi connectivity index (χ0v) is 10.8. The highest BCUT2D eigenvalue weighted by molar-refractivity contribution is 9.09. The van der Waals surface area contributed by atoms with Crippen LogP contribution in [0.4, 0.5) is 0 Å². The average Bonchev–Trinajstić information content (AvgIpc) is 2.48. The molecule has 0 spiro atoms. The number of aliphatic carboxylic acids is 1. The Morgan fingerprint density at radius 3 is 3.00 bits per heavy atom. The number of alkyl halides is 1. The quantitative estimate of drug-likeness (QED) is 0.759. The van der Waals surface area contributed by atoms with Crippen LogP contribution in [-0.4, -0.2) is 39.9 Å². The van der Waals surface area contributed by atoms with Crippen molar-refractivity contribution in [2.75, 3.05) is 17.6 Å². The van der Waals surface area contributed by atoms with Crippen molar-refractivity contribution >= 4 is 55.8 Å². The molecular formula is C6H10Br2N2O2S. The van der Waals surface area contributed by atoms with Gasteiger partial charge >= 0.3 is 5.97 Å². The van der Waals surface area contributed by atoms with E-state index in [-0.39, 0.29) is 22.7 Å². The number of amidine groups is 1. The van der Waals surface area contributed by atoms with Gasteiger partial charge in [-0.25, -0.2) is 0 Å². The van der Waals surface area contributed by atoms with Gasteiger partial charge in [0.15, 0.2) is 5.17 Å². The summed E-state index contributed by atoms with van der Waals surface area (Å²) in [6, 6.07) is 0.321. The Morgan fingerprint density at radius 2 is 2.54 bits per heavy atom. The lowest BCUT2D eigenvalue weighted by Crippen LogP contribution is -2.30. The number of hydrogen-bond acceptors (Lipinski definition) is 4. The number of carbonyl (C=O) groups is 1. The van der Waals surface area contributed by atoms with Gasteiger partial charge in [0, 0.05) is 5.33 Å². The smallest absolute Gasteiger partial charge is 0.313 e. The summed E-state index contributed by atoms with van der Waals surface area (Å²) in [5, 5.41) is 13.1. The van der Waals surface area contributed by atoms with Crippen LogP contribution in [0.2, 0.25) is 0 Å². The van der Waals surface area contributed by atoms with Crippen molar-refractivity contribution in [1.29, 1.82) is 0 Å². The molecule has 76 valence electrons. The number of carboxylic acids is 1. The highest BCUT2D eigenvalue weighted by Gasteiger charge is 2.16. The molecule has 0 saturated heterocycles. The van der Waals surface area contributed by atoms with Crippen LogP contribution in [0.25, 0.3) is 0 Å². The molecule has 0 aromatic heterocycles. The molecule has 1 unspecified atom stereocenters. The van der Waals surface area contributed by atoms with E-state index in [1.807, 2.05) is 0 Å². The lowest BCUT2D eigenvalue weighted by molar-refractivity contribution is -0.133. The molecule has 0 fully saturated rings. The number of rotatable bonds is 3. The van der Waals surface area contributed by atoms with Gasteiger partial charge in [0.2, 0.25) is 0 Å². The molecule has 0 aliphatic carbocycles. The van der Waals surface area contributed by atoms with Crippen LogP contribution in [-0.2, 0) is 4.79 Å². The third kappa shape index (κ3) is 4.87. The van der Waals surface area contributed by atoms with Crippen molar-refractivity contribution in [3.63, 3.8) is 0 Å². The number of thioether (sulfide) groups is 1. The minimum absolute atomic E-state index is 0. The van der Waals surface area contributed by atoms with E-state index in [4.69, 9.17) is 5.11 Å². The number of carboxylic acid groups (broad SMARTS) is 1. The highest BCUT2D eigenvalue weighted by atomic mass is 79.9. The zero-order valence-electron chi connectivity index (χ0n) is 6.70. The van der Waals surface area contributed by atoms with Gasteiger partial charge in [-0.3, -0.25) is 9.79 Å². The molecule has 13 heavy (non-hydrogen) atoms. The Balaban J connectivity index is 0.00000144. The van der Waals surface area contributed by atoms with E-state index in [0.29, 0.717) is 6.04 Å². The molecule has 2 N–H and O–H groups in total. The van der Waals surface area contributed by atoms with Crippen LogP contribution < -0.4 is 5.32 Å². The van der Waals surface area contributed by atoms with Crippen LogP contribution in [0.5, 0.6) is 0 Å². The first-order chi connectivity index (χ1) is 5.72. The van der Waals surface area contributed by atoms with Gasteiger partial charge in [0.25, 0.3) is 0 Å². The molecule has 0 aromatic rings. The Kier molecular flexibility index (Phi) is 6.79. The fourth-order valence-corrected chi connectivity index (χ4v) is 1.81. The van der Waals surface area contributed by atoms with Crippen LogP contribution in [0.3, 0.4) is 0 Å². The number of halogens is 2. The molecule has 1 aliphatic heterocycles. The van der Waals surface area contributed by atoms with Crippen LogP contribution in [0.15, 0.2) is 4.99 Å². The van der Waals surface area contributed by atoms with Crippen LogP contribution in [0, 0.1) is 0 Å². The maximum Gasteiger partial charge on any atom is 0.313 e. The molecular weight excluding hydrogens is 324 g/mol. The first-order valence-electron chi connectivity index (χ1n) is 3.44. The van der Waals surface area contributed by atoms with E-state index in [1.54, 1.807) is 0 Å². The first kappa shape index (κ1) is 13.2. The summed E-state index contributed by atoms with van der Waals surface area (Å²) < 4.78 is 0. The summed E-state index contributed by atoms with van der Waals surface area (Å²) >= 11 is 4.55. The summed E-state index contributed by atoms with van der Waals surface area (Å²) in [5.74, 6) is -0.743. The average molecular weight is 334 g/mol. The summed E-state index contributed by atoms with van der Waals surface area (Å²) in [5.41, 5.74) is 0. The number of hydrogen-bond donors (Lipinski definition) is 2. The van der Waals surface area contributed by atoms with Crippen molar-refractivity contribution in [1.82, 2.24) is 5.32 Å². The Morgan fingerprint density at radius 1 is 1.85 bits per heavy atom. The van der Waals surface area contributed by atoms with Crippen molar-refractivity contribution in [2.24, 2.45) is 4.99 Å². The molecule has 0 bridgehead atoms. The Labute approximate surface area is 99.5 Å². The molecule has 0 aromatic carbocycles. The standard InChI is InChI=1S/C6H9BrN2O2S.BrH/c7-1-4-2-8-6(9-4)12-3-5(10)11;/h4H,1-3H2,(H,8,9)(H,10,11);1H. The minimum Gasteiger partial charge on any atom is -0.481 e. The van der Waals surface area contributed by atoms with E-state index in [1.165, 1.54) is 11.8 Å². The molecule has 4 nitrogen and oxygen atoms in total. The number of nitrogens with zero attached hydrogens (tertiary/aromatic N) is 1. The molecule has 0 saturated carbocycles. The van der Waals surface area contributed by atoms with Crippen molar-refractivity contribution in [3.05, 3.63) is 0 Å². The van der Waals surface area contributed by atoms with Gasteiger partial charge in [-0.1, -0.05) is 27.7 Å². The fourth-order valence-electron chi connectivity index (χ4n) is 0.764. The van der Waals surface area contributed by atoms with Gasteiger partial charge in [0.1, 0.15) is 0 Å². The molecule has 1 atom stereocenters. The fraction of sp³-hybridized carbons (Fsp3) is 0.667. The molecule has 0 amide bonds. The van der Waals surface area contributed by atoms with Gasteiger partial charge in [-0.05, 0) is 0 Å². The van der Waals surface area contributed by atoms with Crippen molar-refractivity contribution in [2.45, 2.75) is 6.04 Å². The second kappa shape index (κ2) is 6.67. The summed E-state index contributed by atoms with van der Waals surface area (Å²) in [7, 11) is 0. The molecule has 7 heteroatoms. The van der Waals surface area contributed by atoms with E-state index in [2.05, 4.69) is 26.2 Å². The van der Waals surface area contributed by atoms with E-state index in [9.17, 15) is 4.79 Å². The monoisotopic (exact) mass is 332 g/mol. The number of aliphatic imine (C=N–C) groups is 1. The summed E-state index contributed by atoms with van der Waals surface area (Å²) in [6.07, 6.45) is 0. The third-order valence-corrected chi connectivity index (χ3v) is 2.99. The van der Waals surface area contributed by atoms with Crippen LogP contribution >= 0.6 is 44.7 Å². The molecule has 0 radical (unpaired) electrons. The number of nitrogens with one attached hydrogen (secondary N) is 1. The topological polar surface area (TPSA) is 61.7 Å². The van der Waals surface area contributed by atoms with E-state index >= 15 is 0 Å². The lowest BCUT2D eigenvalue weighted by Gasteiger charge is -2.05. The molecule has 1 rings (SSSR count). The van der Waals surface area contributed by atoms with E-state index in [0.717, 1.165) is 17.0 Å². The van der Waals surface area contributed by atoms with Gasteiger partial charge in [0.05, 0.1) is 18.3 Å². The van der Waals surface area contributed by atoms with Gasteiger partial charge < -0.3 is 10.4 Å². The zero-order chi connectivity index (χ0) is 8.97. The maximum absolute atomic E-state index is 10.2. The Bertz CT molecular complexity index is 213. The summed E-state index contributed by atoms with van der Waals surface area (Å²) in [4.78, 5) is 14.3. The first-order valence-corrected chi connectivity index (χ1v) is 5.54. The van der Waals surface area contributed by atoms with Crippen molar-refractivity contribution in [3.8, 4) is 0 Å². The lowest BCUT2D eigenvalue weighted by atomic mass is 10.4. The molecule has 1 aliphatic rings. The largest absolute Gasteiger partial charge is 0.481 e.